The lowest BCUT2D eigenvalue weighted by molar-refractivity contribution is -0.131. The maximum Gasteiger partial charge on any atom is 0.232 e. The zero-order valence-electron chi connectivity index (χ0n) is 10.8. The van der Waals surface area contributed by atoms with Gasteiger partial charge in [0.15, 0.2) is 0 Å². The number of fused-ring (bicyclic) bond motifs is 1. The molecule has 1 aliphatic rings. The second-order valence-corrected chi connectivity index (χ2v) is 4.85. The molecule has 19 heavy (non-hydrogen) atoms. The van der Waals surface area contributed by atoms with Crippen LogP contribution in [0.15, 0.2) is 47.3 Å². The van der Waals surface area contributed by atoms with Crippen molar-refractivity contribution < 1.29 is 9.21 Å². The molecule has 3 rings (SSSR count). The van der Waals surface area contributed by atoms with Gasteiger partial charge in [0.2, 0.25) is 5.91 Å². The molecule has 1 amide bonds. The first-order valence-electron chi connectivity index (χ1n) is 6.34. The van der Waals surface area contributed by atoms with Crippen molar-refractivity contribution in [3.63, 3.8) is 0 Å². The van der Waals surface area contributed by atoms with Crippen molar-refractivity contribution in [3.05, 3.63) is 54.0 Å². The highest BCUT2D eigenvalue weighted by atomic mass is 16.3. The molecule has 0 fully saturated rings. The van der Waals surface area contributed by atoms with E-state index in [-0.39, 0.29) is 11.8 Å². The van der Waals surface area contributed by atoms with E-state index in [0.717, 1.165) is 16.8 Å². The van der Waals surface area contributed by atoms with Crippen LogP contribution in [0.5, 0.6) is 0 Å². The number of hydrogen-bond acceptors (Lipinski definition) is 3. The summed E-state index contributed by atoms with van der Waals surface area (Å²) < 4.78 is 5.03. The number of benzene rings is 1. The molecule has 4 heteroatoms. The molecule has 0 bridgehead atoms. The fourth-order valence-corrected chi connectivity index (χ4v) is 2.50. The van der Waals surface area contributed by atoms with Gasteiger partial charge >= 0.3 is 0 Å². The smallest absolute Gasteiger partial charge is 0.232 e. The second-order valence-electron chi connectivity index (χ2n) is 4.85. The van der Waals surface area contributed by atoms with Gasteiger partial charge in [0.1, 0.15) is 0 Å². The summed E-state index contributed by atoms with van der Waals surface area (Å²) in [6.07, 6.45) is 3.30. The Morgan fingerprint density at radius 1 is 1.42 bits per heavy atom. The maximum absolute atomic E-state index is 12.5. The van der Waals surface area contributed by atoms with Crippen LogP contribution in [-0.4, -0.2) is 24.4 Å². The number of anilines is 1. The zero-order valence-corrected chi connectivity index (χ0v) is 10.8. The monoisotopic (exact) mass is 256 g/mol. The lowest BCUT2D eigenvalue weighted by Crippen LogP contribution is -2.32. The Morgan fingerprint density at radius 2 is 2.26 bits per heavy atom. The highest BCUT2D eigenvalue weighted by Crippen LogP contribution is 2.32. The normalized spacial score (nSPS) is 16.8. The van der Waals surface area contributed by atoms with E-state index in [1.165, 1.54) is 0 Å². The summed E-state index contributed by atoms with van der Waals surface area (Å²) in [6.45, 7) is 1.25. The van der Waals surface area contributed by atoms with Crippen molar-refractivity contribution in [3.8, 4) is 0 Å². The van der Waals surface area contributed by atoms with Crippen LogP contribution in [0.25, 0.3) is 0 Å². The summed E-state index contributed by atoms with van der Waals surface area (Å²) in [5, 5.41) is 3.28. The predicted octanol–water partition coefficient (Wildman–Crippen LogP) is 2.45. The average molecular weight is 256 g/mol. The highest BCUT2D eigenvalue weighted by molar-refractivity contribution is 5.88. The molecular weight excluding hydrogens is 240 g/mol. The molecule has 98 valence electrons. The standard InChI is InChI=1S/C15H16N2O2/c1-17(9-11-6-7-19-10-11)15(18)13-8-16-14-5-3-2-4-12(13)14/h2-7,10,13,16H,8-9H2,1H3. The molecule has 0 saturated heterocycles. The van der Waals surface area contributed by atoms with Crippen LogP contribution in [-0.2, 0) is 11.3 Å². The molecule has 0 saturated carbocycles. The third kappa shape index (κ3) is 2.21. The Bertz CT molecular complexity index is 578. The third-order valence-electron chi connectivity index (χ3n) is 3.51. The number of furan rings is 1. The fourth-order valence-electron chi connectivity index (χ4n) is 2.50. The number of likely N-dealkylation sites (N-methyl/N-ethyl adjacent to an activating group) is 1. The average Bonchev–Trinajstić information content (AvgIpc) is 3.06. The molecule has 4 nitrogen and oxygen atoms in total. The summed E-state index contributed by atoms with van der Waals surface area (Å²) in [4.78, 5) is 14.2. The number of carbonyl (C=O) groups is 1. The van der Waals surface area contributed by atoms with Crippen molar-refractivity contribution in [2.45, 2.75) is 12.5 Å². The molecule has 2 heterocycles. The van der Waals surface area contributed by atoms with Crippen LogP contribution >= 0.6 is 0 Å². The third-order valence-corrected chi connectivity index (χ3v) is 3.51. The number of carbonyl (C=O) groups excluding carboxylic acids is 1. The molecule has 0 aliphatic carbocycles. The molecule has 1 aromatic carbocycles. The Morgan fingerprint density at radius 3 is 3.05 bits per heavy atom. The zero-order chi connectivity index (χ0) is 13.2. The van der Waals surface area contributed by atoms with Gasteiger partial charge in [-0.2, -0.15) is 0 Å². The number of nitrogens with zero attached hydrogens (tertiary/aromatic N) is 1. The molecule has 1 atom stereocenters. The van der Waals surface area contributed by atoms with Gasteiger partial charge in [-0.25, -0.2) is 0 Å². The molecule has 1 aliphatic heterocycles. The highest BCUT2D eigenvalue weighted by Gasteiger charge is 2.30. The number of rotatable bonds is 3. The van der Waals surface area contributed by atoms with Gasteiger partial charge in [0.25, 0.3) is 0 Å². The molecule has 0 spiro atoms. The predicted molar refractivity (Wildman–Crippen MR) is 72.9 cm³/mol. The summed E-state index contributed by atoms with van der Waals surface area (Å²) in [7, 11) is 1.83. The van der Waals surface area contributed by atoms with Gasteiger partial charge in [-0.15, -0.1) is 0 Å². The van der Waals surface area contributed by atoms with E-state index in [0.29, 0.717) is 13.1 Å². The first-order chi connectivity index (χ1) is 9.25. The first-order valence-corrected chi connectivity index (χ1v) is 6.34. The minimum atomic E-state index is -0.0897. The molecule has 0 radical (unpaired) electrons. The lowest BCUT2D eigenvalue weighted by atomic mass is 10.00. The van der Waals surface area contributed by atoms with Crippen molar-refractivity contribution in [2.75, 3.05) is 18.9 Å². The quantitative estimate of drug-likeness (QED) is 0.917. The summed E-state index contributed by atoms with van der Waals surface area (Å²) in [6, 6.07) is 9.86. The van der Waals surface area contributed by atoms with Crippen LogP contribution in [0.3, 0.4) is 0 Å². The van der Waals surface area contributed by atoms with Crippen LogP contribution in [0, 0.1) is 0 Å². The van der Waals surface area contributed by atoms with E-state index >= 15 is 0 Å². The van der Waals surface area contributed by atoms with Crippen molar-refractivity contribution in [1.82, 2.24) is 4.90 Å². The summed E-state index contributed by atoms with van der Waals surface area (Å²) in [5.41, 5.74) is 3.17. The molecular formula is C15H16N2O2. The van der Waals surface area contributed by atoms with E-state index in [1.54, 1.807) is 17.4 Å². The Balaban J connectivity index is 1.74. The molecule has 1 N–H and O–H groups in total. The number of hydrogen-bond donors (Lipinski definition) is 1. The Hall–Kier alpha value is -2.23. The fraction of sp³-hybridized carbons (Fsp3) is 0.267. The van der Waals surface area contributed by atoms with Crippen LogP contribution in [0.2, 0.25) is 0 Å². The van der Waals surface area contributed by atoms with E-state index in [4.69, 9.17) is 4.42 Å². The summed E-state index contributed by atoms with van der Waals surface area (Å²) in [5.74, 6) is 0.0479. The van der Waals surface area contributed by atoms with Gasteiger partial charge in [0, 0.05) is 31.4 Å². The van der Waals surface area contributed by atoms with Crippen molar-refractivity contribution in [2.24, 2.45) is 0 Å². The van der Waals surface area contributed by atoms with Gasteiger partial charge in [0.05, 0.1) is 18.4 Å². The number of amides is 1. The molecule has 1 unspecified atom stereocenters. The van der Waals surface area contributed by atoms with Crippen LogP contribution in [0.4, 0.5) is 5.69 Å². The van der Waals surface area contributed by atoms with E-state index in [2.05, 4.69) is 5.32 Å². The van der Waals surface area contributed by atoms with E-state index in [1.807, 2.05) is 37.4 Å². The maximum atomic E-state index is 12.5. The first kappa shape index (κ1) is 11.8. The van der Waals surface area contributed by atoms with Gasteiger partial charge in [-0.3, -0.25) is 4.79 Å². The SMILES string of the molecule is CN(Cc1ccoc1)C(=O)C1CNc2ccccc21. The number of para-hydroxylation sites is 1. The van der Waals surface area contributed by atoms with E-state index < -0.39 is 0 Å². The Kier molecular flexibility index (Phi) is 2.99. The second kappa shape index (κ2) is 4.80. The minimum Gasteiger partial charge on any atom is -0.472 e. The van der Waals surface area contributed by atoms with Crippen LogP contribution < -0.4 is 5.32 Å². The summed E-state index contributed by atoms with van der Waals surface area (Å²) >= 11 is 0. The topological polar surface area (TPSA) is 45.5 Å². The van der Waals surface area contributed by atoms with Crippen molar-refractivity contribution >= 4 is 11.6 Å². The number of nitrogens with one attached hydrogen (secondary N) is 1. The Labute approximate surface area is 112 Å². The minimum absolute atomic E-state index is 0.0897. The molecule has 2 aromatic rings. The van der Waals surface area contributed by atoms with Gasteiger partial charge < -0.3 is 14.6 Å². The van der Waals surface area contributed by atoms with E-state index in [9.17, 15) is 4.79 Å². The lowest BCUT2D eigenvalue weighted by Gasteiger charge is -2.20. The largest absolute Gasteiger partial charge is 0.472 e. The van der Waals surface area contributed by atoms with Gasteiger partial charge in [-0.1, -0.05) is 18.2 Å². The van der Waals surface area contributed by atoms with Crippen LogP contribution in [0.1, 0.15) is 17.0 Å². The van der Waals surface area contributed by atoms with Gasteiger partial charge in [-0.05, 0) is 17.7 Å². The van der Waals surface area contributed by atoms with Crippen molar-refractivity contribution in [1.29, 1.82) is 0 Å². The molecule has 1 aromatic heterocycles.